The summed E-state index contributed by atoms with van der Waals surface area (Å²) in [5, 5.41) is 2.93. The zero-order valence-electron chi connectivity index (χ0n) is 16.8. The number of imide groups is 1. The molecule has 0 unspecified atom stereocenters. The summed E-state index contributed by atoms with van der Waals surface area (Å²) in [4.78, 5) is 39.2. The second-order valence-electron chi connectivity index (χ2n) is 7.32. The molecule has 0 bridgehead atoms. The first-order valence-corrected chi connectivity index (χ1v) is 10.4. The summed E-state index contributed by atoms with van der Waals surface area (Å²) in [7, 11) is 0. The molecule has 3 aromatic rings. The van der Waals surface area contributed by atoms with E-state index in [1.165, 1.54) is 12.1 Å². The van der Waals surface area contributed by atoms with Crippen molar-refractivity contribution in [1.29, 1.82) is 0 Å². The molecule has 0 fully saturated rings. The number of benzene rings is 3. The molecule has 0 saturated heterocycles. The van der Waals surface area contributed by atoms with Gasteiger partial charge in [0, 0.05) is 17.7 Å². The molecule has 3 aromatic carbocycles. The number of nitrogens with zero attached hydrogens (tertiary/aromatic N) is 1. The van der Waals surface area contributed by atoms with Gasteiger partial charge in [-0.3, -0.25) is 14.4 Å². The summed E-state index contributed by atoms with van der Waals surface area (Å²) < 4.78 is 11.2. The Kier molecular flexibility index (Phi) is 5.03. The van der Waals surface area contributed by atoms with Crippen LogP contribution in [0.3, 0.4) is 0 Å². The topological polar surface area (TPSA) is 84.9 Å². The lowest BCUT2D eigenvalue weighted by Gasteiger charge is -2.16. The van der Waals surface area contributed by atoms with Gasteiger partial charge in [0.25, 0.3) is 17.7 Å². The number of fused-ring (bicyclic) bond motifs is 2. The zero-order chi connectivity index (χ0) is 22.2. The van der Waals surface area contributed by atoms with E-state index in [0.29, 0.717) is 47.1 Å². The van der Waals surface area contributed by atoms with Gasteiger partial charge in [0.1, 0.15) is 0 Å². The van der Waals surface area contributed by atoms with E-state index in [9.17, 15) is 14.4 Å². The van der Waals surface area contributed by atoms with Crippen molar-refractivity contribution in [3.05, 3.63) is 82.4 Å². The van der Waals surface area contributed by atoms with Crippen molar-refractivity contribution in [3.8, 4) is 11.5 Å². The van der Waals surface area contributed by atoms with Crippen LogP contribution in [-0.4, -0.2) is 30.9 Å². The van der Waals surface area contributed by atoms with Gasteiger partial charge in [0.2, 0.25) is 0 Å². The number of hydrogen-bond acceptors (Lipinski definition) is 5. The van der Waals surface area contributed by atoms with E-state index in [1.54, 1.807) is 48.5 Å². The van der Waals surface area contributed by atoms with Crippen LogP contribution in [0.1, 0.15) is 37.5 Å². The minimum absolute atomic E-state index is 0.163. The molecule has 2 heterocycles. The largest absolute Gasteiger partial charge is 0.490 e. The fourth-order valence-corrected chi connectivity index (χ4v) is 3.95. The van der Waals surface area contributed by atoms with Crippen LogP contribution in [0.2, 0.25) is 5.02 Å². The molecule has 0 aliphatic carbocycles. The number of hydrogen-bond donors (Lipinski definition) is 1. The van der Waals surface area contributed by atoms with Crippen molar-refractivity contribution in [3.63, 3.8) is 0 Å². The van der Waals surface area contributed by atoms with Crippen LogP contribution in [-0.2, 0) is 0 Å². The Morgan fingerprint density at radius 3 is 2.25 bits per heavy atom. The maximum atomic E-state index is 12.7. The molecule has 160 valence electrons. The molecule has 32 heavy (non-hydrogen) atoms. The molecule has 7 nitrogen and oxygen atoms in total. The summed E-state index contributed by atoms with van der Waals surface area (Å²) in [5.74, 6) is -0.0975. The average molecular weight is 449 g/mol. The first-order chi connectivity index (χ1) is 15.5. The number of amides is 3. The van der Waals surface area contributed by atoms with Gasteiger partial charge in [-0.25, -0.2) is 4.90 Å². The second kappa shape index (κ2) is 8.01. The van der Waals surface area contributed by atoms with Crippen molar-refractivity contribution in [1.82, 2.24) is 0 Å². The van der Waals surface area contributed by atoms with Gasteiger partial charge in [0.05, 0.1) is 35.1 Å². The third-order valence-electron chi connectivity index (χ3n) is 5.25. The van der Waals surface area contributed by atoms with Gasteiger partial charge < -0.3 is 14.8 Å². The molecule has 3 amide bonds. The molecule has 2 aliphatic heterocycles. The van der Waals surface area contributed by atoms with Gasteiger partial charge in [-0.1, -0.05) is 23.7 Å². The van der Waals surface area contributed by atoms with Crippen LogP contribution in [0.25, 0.3) is 0 Å². The van der Waals surface area contributed by atoms with Crippen LogP contribution in [0.15, 0.2) is 60.7 Å². The number of nitrogens with one attached hydrogen (secondary N) is 1. The normalized spacial score (nSPS) is 14.7. The standard InChI is InChI=1S/C24H17ClN2O5/c25-18-13-15(26-22(28)14-6-9-20-21(12-14)32-11-3-10-31-20)7-8-19(18)27-23(29)16-4-1-2-5-17(16)24(27)30/h1-2,4-9,12-13H,3,10-11H2,(H,26,28). The molecule has 1 N–H and O–H groups in total. The van der Waals surface area contributed by atoms with E-state index in [2.05, 4.69) is 5.32 Å². The Hall–Kier alpha value is -3.84. The minimum atomic E-state index is -0.434. The van der Waals surface area contributed by atoms with E-state index < -0.39 is 11.8 Å². The monoisotopic (exact) mass is 448 g/mol. The highest BCUT2D eigenvalue weighted by molar-refractivity contribution is 6.40. The van der Waals surface area contributed by atoms with E-state index >= 15 is 0 Å². The van der Waals surface area contributed by atoms with E-state index in [-0.39, 0.29) is 16.6 Å². The molecule has 0 saturated carbocycles. The third-order valence-corrected chi connectivity index (χ3v) is 5.55. The van der Waals surface area contributed by atoms with Gasteiger partial charge in [-0.2, -0.15) is 0 Å². The van der Waals surface area contributed by atoms with E-state index in [4.69, 9.17) is 21.1 Å². The molecular formula is C24H17ClN2O5. The fourth-order valence-electron chi connectivity index (χ4n) is 3.68. The van der Waals surface area contributed by atoms with Crippen molar-refractivity contribution in [2.24, 2.45) is 0 Å². The Morgan fingerprint density at radius 2 is 1.56 bits per heavy atom. The highest BCUT2D eigenvalue weighted by atomic mass is 35.5. The highest BCUT2D eigenvalue weighted by Gasteiger charge is 2.37. The number of anilines is 2. The fraction of sp³-hybridized carbons (Fsp3) is 0.125. The average Bonchev–Trinajstić information content (AvgIpc) is 2.95. The van der Waals surface area contributed by atoms with Crippen molar-refractivity contribution in [2.75, 3.05) is 23.4 Å². The van der Waals surface area contributed by atoms with Crippen LogP contribution in [0.4, 0.5) is 11.4 Å². The van der Waals surface area contributed by atoms with Crippen molar-refractivity contribution < 1.29 is 23.9 Å². The Balaban J connectivity index is 1.36. The molecule has 0 spiro atoms. The lowest BCUT2D eigenvalue weighted by molar-refractivity contribution is 0.0924. The van der Waals surface area contributed by atoms with E-state index in [1.807, 2.05) is 0 Å². The number of carbonyl (C=O) groups is 3. The first kappa shape index (κ1) is 20.1. The zero-order valence-corrected chi connectivity index (χ0v) is 17.5. The molecule has 5 rings (SSSR count). The van der Waals surface area contributed by atoms with Gasteiger partial charge in [0.15, 0.2) is 11.5 Å². The molecular weight excluding hydrogens is 432 g/mol. The SMILES string of the molecule is O=C(Nc1ccc(N2C(=O)c3ccccc3C2=O)c(Cl)c1)c1ccc2c(c1)OCCCO2. The summed E-state index contributed by atoms with van der Waals surface area (Å²) >= 11 is 6.39. The predicted molar refractivity (Wildman–Crippen MR) is 119 cm³/mol. The van der Waals surface area contributed by atoms with Gasteiger partial charge >= 0.3 is 0 Å². The summed E-state index contributed by atoms with van der Waals surface area (Å²) in [6.45, 7) is 1.09. The number of carbonyl (C=O) groups excluding carboxylic acids is 3. The highest BCUT2D eigenvalue weighted by Crippen LogP contribution is 2.35. The van der Waals surface area contributed by atoms with Crippen molar-refractivity contribution in [2.45, 2.75) is 6.42 Å². The Bertz CT molecular complexity index is 1240. The van der Waals surface area contributed by atoms with Crippen LogP contribution in [0, 0.1) is 0 Å². The number of halogens is 1. The second-order valence-corrected chi connectivity index (χ2v) is 7.73. The quantitative estimate of drug-likeness (QED) is 0.594. The molecule has 2 aliphatic rings. The minimum Gasteiger partial charge on any atom is -0.490 e. The Labute approximate surface area is 188 Å². The maximum absolute atomic E-state index is 12.7. The van der Waals surface area contributed by atoms with Crippen LogP contribution in [0.5, 0.6) is 11.5 Å². The van der Waals surface area contributed by atoms with Gasteiger partial charge in [-0.05, 0) is 48.5 Å². The lowest BCUT2D eigenvalue weighted by atomic mass is 10.1. The third kappa shape index (κ3) is 3.46. The maximum Gasteiger partial charge on any atom is 0.266 e. The first-order valence-electron chi connectivity index (χ1n) is 10.0. The number of rotatable bonds is 3. The van der Waals surface area contributed by atoms with Crippen LogP contribution >= 0.6 is 11.6 Å². The molecule has 0 radical (unpaired) electrons. The lowest BCUT2D eigenvalue weighted by Crippen LogP contribution is -2.29. The summed E-state index contributed by atoms with van der Waals surface area (Å²) in [6, 6.07) is 16.2. The van der Waals surface area contributed by atoms with Crippen LogP contribution < -0.4 is 19.7 Å². The van der Waals surface area contributed by atoms with E-state index in [0.717, 1.165) is 11.3 Å². The summed E-state index contributed by atoms with van der Waals surface area (Å²) in [5.41, 5.74) is 1.74. The molecule has 0 atom stereocenters. The summed E-state index contributed by atoms with van der Waals surface area (Å²) in [6.07, 6.45) is 0.772. The predicted octanol–water partition coefficient (Wildman–Crippen LogP) is 4.55. The molecule has 8 heteroatoms. The van der Waals surface area contributed by atoms with Gasteiger partial charge in [-0.15, -0.1) is 0 Å². The molecule has 0 aromatic heterocycles. The Morgan fingerprint density at radius 1 is 0.875 bits per heavy atom. The smallest absolute Gasteiger partial charge is 0.266 e. The number of ether oxygens (including phenoxy) is 2. The van der Waals surface area contributed by atoms with Crippen molar-refractivity contribution >= 4 is 40.7 Å².